The Labute approximate surface area is 132 Å². The van der Waals surface area contributed by atoms with E-state index in [9.17, 15) is 9.59 Å². The van der Waals surface area contributed by atoms with Crippen molar-refractivity contribution < 1.29 is 9.59 Å². The Bertz CT molecular complexity index is 525. The fourth-order valence-corrected chi connectivity index (χ4v) is 4.22. The zero-order chi connectivity index (χ0) is 15.1. The van der Waals surface area contributed by atoms with Gasteiger partial charge in [-0.25, -0.2) is 0 Å². The molecule has 0 heterocycles. The van der Waals surface area contributed by atoms with Gasteiger partial charge in [0, 0.05) is 0 Å². The fraction of sp³-hybridized carbons (Fsp3) is 0.412. The van der Waals surface area contributed by atoms with E-state index in [-0.39, 0.29) is 11.7 Å². The molecule has 0 radical (unpaired) electrons. The third kappa shape index (κ3) is 5.14. The Hall–Kier alpha value is -1.38. The number of ketones is 1. The molecule has 1 aliphatic rings. The average molecular weight is 350 g/mol. The van der Waals surface area contributed by atoms with E-state index in [4.69, 9.17) is 0 Å². The van der Waals surface area contributed by atoms with Crippen LogP contribution in [0.3, 0.4) is 0 Å². The van der Waals surface area contributed by atoms with Gasteiger partial charge in [-0.2, -0.15) is 0 Å². The summed E-state index contributed by atoms with van der Waals surface area (Å²) in [5.41, 5.74) is 0.908. The number of nitrogens with zero attached hydrogens (tertiary/aromatic N) is 1. The SMILES string of the molecule is CC(=O)N(CCC[Se]c1ccccc1)C1=CC(=O)CCC1. The fourth-order valence-electron chi connectivity index (χ4n) is 2.42. The van der Waals surface area contributed by atoms with Gasteiger partial charge in [0.1, 0.15) is 0 Å². The maximum absolute atomic E-state index is 11.8. The molecule has 0 atom stereocenters. The molecular weight excluding hydrogens is 329 g/mol. The molecule has 0 fully saturated rings. The molecule has 1 aromatic rings. The van der Waals surface area contributed by atoms with Gasteiger partial charge in [0.2, 0.25) is 0 Å². The van der Waals surface area contributed by atoms with Crippen molar-refractivity contribution in [1.29, 1.82) is 0 Å². The first-order chi connectivity index (χ1) is 10.2. The first kappa shape index (κ1) is 16.0. The summed E-state index contributed by atoms with van der Waals surface area (Å²) in [7, 11) is 0. The number of benzene rings is 1. The summed E-state index contributed by atoms with van der Waals surface area (Å²) >= 11 is 0.459. The molecule has 0 aromatic heterocycles. The molecule has 21 heavy (non-hydrogen) atoms. The number of amides is 1. The summed E-state index contributed by atoms with van der Waals surface area (Å²) in [6.07, 6.45) is 4.97. The van der Waals surface area contributed by atoms with Gasteiger partial charge in [0.25, 0.3) is 0 Å². The van der Waals surface area contributed by atoms with Gasteiger partial charge in [0.15, 0.2) is 0 Å². The molecule has 0 unspecified atom stereocenters. The van der Waals surface area contributed by atoms with Crippen LogP contribution in [0.4, 0.5) is 0 Å². The first-order valence-electron chi connectivity index (χ1n) is 7.36. The molecule has 3 nitrogen and oxygen atoms in total. The first-order valence-corrected chi connectivity index (χ1v) is 9.43. The number of carbonyl (C=O) groups excluding carboxylic acids is 2. The van der Waals surface area contributed by atoms with Crippen LogP contribution >= 0.6 is 0 Å². The molecule has 112 valence electrons. The van der Waals surface area contributed by atoms with Crippen LogP contribution in [0, 0.1) is 0 Å². The molecule has 0 saturated heterocycles. The summed E-state index contributed by atoms with van der Waals surface area (Å²) in [5.74, 6) is 0.194. The van der Waals surface area contributed by atoms with E-state index in [1.807, 2.05) is 6.07 Å². The normalized spacial score (nSPS) is 14.7. The minimum atomic E-state index is 0.0446. The van der Waals surface area contributed by atoms with Crippen molar-refractivity contribution in [2.45, 2.75) is 37.9 Å². The topological polar surface area (TPSA) is 37.4 Å². The summed E-state index contributed by atoms with van der Waals surface area (Å²) in [4.78, 5) is 25.1. The van der Waals surface area contributed by atoms with Crippen molar-refractivity contribution in [2.75, 3.05) is 6.54 Å². The standard InChI is InChI=1S/C17H21NO2Se/c1-14(19)18(15-7-5-8-16(20)13-15)11-6-12-21-17-9-3-2-4-10-17/h2-4,9-10,13H,5-8,11-12H2,1H3. The average Bonchev–Trinajstić information content (AvgIpc) is 2.48. The Kier molecular flexibility index (Phi) is 6.21. The van der Waals surface area contributed by atoms with Crippen LogP contribution in [-0.4, -0.2) is 38.1 Å². The predicted molar refractivity (Wildman–Crippen MR) is 85.6 cm³/mol. The van der Waals surface area contributed by atoms with E-state index in [0.29, 0.717) is 21.4 Å². The van der Waals surface area contributed by atoms with Gasteiger partial charge in [-0.15, -0.1) is 0 Å². The zero-order valence-corrected chi connectivity index (χ0v) is 14.1. The number of allylic oxidation sites excluding steroid dienone is 2. The summed E-state index contributed by atoms with van der Waals surface area (Å²) in [6, 6.07) is 10.5. The van der Waals surface area contributed by atoms with Gasteiger partial charge in [0.05, 0.1) is 0 Å². The minimum absolute atomic E-state index is 0.0446. The summed E-state index contributed by atoms with van der Waals surface area (Å²) in [5, 5.41) is 1.11. The molecule has 1 amide bonds. The molecule has 0 spiro atoms. The van der Waals surface area contributed by atoms with Crippen LogP contribution < -0.4 is 4.46 Å². The quantitative estimate of drug-likeness (QED) is 0.583. The van der Waals surface area contributed by atoms with Crippen molar-refractivity contribution in [1.82, 2.24) is 4.90 Å². The zero-order valence-electron chi connectivity index (χ0n) is 12.4. The molecule has 0 saturated carbocycles. The van der Waals surface area contributed by atoms with Crippen molar-refractivity contribution in [2.24, 2.45) is 0 Å². The van der Waals surface area contributed by atoms with Crippen LogP contribution in [0.2, 0.25) is 5.32 Å². The third-order valence-electron chi connectivity index (χ3n) is 3.45. The Morgan fingerprint density at radius 3 is 2.67 bits per heavy atom. The number of hydrogen-bond donors (Lipinski definition) is 0. The third-order valence-corrected chi connectivity index (χ3v) is 5.75. The molecule has 4 heteroatoms. The molecular formula is C17H21NO2Se. The van der Waals surface area contributed by atoms with E-state index in [0.717, 1.165) is 36.8 Å². The van der Waals surface area contributed by atoms with E-state index < -0.39 is 0 Å². The number of carbonyl (C=O) groups is 2. The Morgan fingerprint density at radius 2 is 2.00 bits per heavy atom. The van der Waals surface area contributed by atoms with Crippen LogP contribution in [0.1, 0.15) is 32.6 Å². The van der Waals surface area contributed by atoms with Gasteiger partial charge in [-0.05, 0) is 0 Å². The van der Waals surface area contributed by atoms with Crippen LogP contribution in [0.5, 0.6) is 0 Å². The van der Waals surface area contributed by atoms with E-state index >= 15 is 0 Å². The van der Waals surface area contributed by atoms with Gasteiger partial charge in [-0.3, -0.25) is 0 Å². The maximum atomic E-state index is 11.8. The Balaban J connectivity index is 1.83. The second-order valence-corrected chi connectivity index (χ2v) is 7.59. The second kappa shape index (κ2) is 8.16. The number of hydrogen-bond acceptors (Lipinski definition) is 2. The molecule has 0 bridgehead atoms. The molecule has 0 aliphatic heterocycles. The second-order valence-electron chi connectivity index (χ2n) is 5.14. The van der Waals surface area contributed by atoms with E-state index in [2.05, 4.69) is 24.3 Å². The monoisotopic (exact) mass is 351 g/mol. The van der Waals surface area contributed by atoms with Crippen molar-refractivity contribution >= 4 is 31.1 Å². The molecule has 2 rings (SSSR count). The van der Waals surface area contributed by atoms with Crippen LogP contribution in [0.15, 0.2) is 42.1 Å². The molecule has 1 aliphatic carbocycles. The summed E-state index contributed by atoms with van der Waals surface area (Å²) < 4.78 is 1.39. The number of rotatable bonds is 6. The molecule has 1 aromatic carbocycles. The molecule has 0 N–H and O–H groups in total. The van der Waals surface area contributed by atoms with Crippen molar-refractivity contribution in [3.8, 4) is 0 Å². The van der Waals surface area contributed by atoms with E-state index in [1.165, 1.54) is 4.46 Å². The Morgan fingerprint density at radius 1 is 1.24 bits per heavy atom. The van der Waals surface area contributed by atoms with Gasteiger partial charge < -0.3 is 0 Å². The van der Waals surface area contributed by atoms with Crippen LogP contribution in [-0.2, 0) is 9.59 Å². The van der Waals surface area contributed by atoms with Gasteiger partial charge in [-0.1, -0.05) is 0 Å². The van der Waals surface area contributed by atoms with Crippen molar-refractivity contribution in [3.63, 3.8) is 0 Å². The predicted octanol–water partition coefficient (Wildman–Crippen LogP) is 2.31. The van der Waals surface area contributed by atoms with E-state index in [1.54, 1.807) is 17.9 Å². The summed E-state index contributed by atoms with van der Waals surface area (Å²) in [6.45, 7) is 2.31. The van der Waals surface area contributed by atoms with Gasteiger partial charge >= 0.3 is 132 Å². The van der Waals surface area contributed by atoms with Crippen LogP contribution in [0.25, 0.3) is 0 Å². The van der Waals surface area contributed by atoms with Crippen molar-refractivity contribution in [3.05, 3.63) is 42.1 Å².